The molecule has 1 aliphatic rings. The Morgan fingerprint density at radius 2 is 1.73 bits per heavy atom. The van der Waals surface area contributed by atoms with E-state index in [0.717, 1.165) is 54.3 Å². The summed E-state index contributed by atoms with van der Waals surface area (Å²) in [6.45, 7) is 2.43. The molecular weight excluding hydrogens is 402 g/mol. The van der Waals surface area contributed by atoms with Crippen LogP contribution in [0.5, 0.6) is 17.2 Å². The largest absolute Gasteiger partial charge is 0.493 e. The number of aromatic nitrogens is 2. The van der Waals surface area contributed by atoms with Gasteiger partial charge in [0.25, 0.3) is 0 Å². The van der Waals surface area contributed by atoms with Gasteiger partial charge in [0.05, 0.1) is 27.0 Å². The highest BCUT2D eigenvalue weighted by atomic mass is 35.5. The van der Waals surface area contributed by atoms with E-state index in [0.29, 0.717) is 22.3 Å². The van der Waals surface area contributed by atoms with Crippen LogP contribution >= 0.6 is 11.6 Å². The minimum absolute atomic E-state index is 0.617. The highest BCUT2D eigenvalue weighted by Gasteiger charge is 2.22. The molecule has 2 aromatic carbocycles. The number of methoxy groups -OCH3 is 3. The summed E-state index contributed by atoms with van der Waals surface area (Å²) in [5.41, 5.74) is 4.28. The second-order valence-electron chi connectivity index (χ2n) is 7.13. The molecule has 7 heteroatoms. The lowest BCUT2D eigenvalue weighted by atomic mass is 10.0. The maximum absolute atomic E-state index is 5.98. The first kappa shape index (κ1) is 20.4. The molecule has 0 amide bonds. The van der Waals surface area contributed by atoms with Crippen LogP contribution in [0, 0.1) is 0 Å². The summed E-state index contributed by atoms with van der Waals surface area (Å²) < 4.78 is 16.5. The van der Waals surface area contributed by atoms with Crippen LogP contribution in [0.2, 0.25) is 5.02 Å². The van der Waals surface area contributed by atoms with Crippen LogP contribution in [0.3, 0.4) is 0 Å². The molecule has 1 aliphatic heterocycles. The minimum Gasteiger partial charge on any atom is -0.493 e. The summed E-state index contributed by atoms with van der Waals surface area (Å²) in [7, 11) is 4.90. The lowest BCUT2D eigenvalue weighted by molar-refractivity contribution is 0.237. The zero-order valence-electron chi connectivity index (χ0n) is 17.3. The van der Waals surface area contributed by atoms with Gasteiger partial charge < -0.3 is 14.2 Å². The van der Waals surface area contributed by atoms with Crippen LogP contribution in [0.15, 0.2) is 42.6 Å². The normalized spacial score (nSPS) is 13.6. The fourth-order valence-electron chi connectivity index (χ4n) is 3.78. The number of hydrogen-bond donors (Lipinski definition) is 0. The van der Waals surface area contributed by atoms with Crippen molar-refractivity contribution in [2.75, 3.05) is 27.9 Å². The van der Waals surface area contributed by atoms with Gasteiger partial charge in [0.2, 0.25) is 5.75 Å². The highest BCUT2D eigenvalue weighted by Crippen LogP contribution is 2.40. The zero-order valence-corrected chi connectivity index (χ0v) is 18.1. The molecule has 0 N–H and O–H groups in total. The summed E-state index contributed by atoms with van der Waals surface area (Å²) in [5.74, 6) is 2.72. The van der Waals surface area contributed by atoms with Crippen LogP contribution in [-0.2, 0) is 19.5 Å². The second-order valence-corrected chi connectivity index (χ2v) is 7.56. The van der Waals surface area contributed by atoms with Crippen molar-refractivity contribution < 1.29 is 14.2 Å². The molecule has 0 radical (unpaired) electrons. The molecule has 4 rings (SSSR count). The maximum Gasteiger partial charge on any atom is 0.203 e. The molecule has 3 aromatic rings. The molecule has 0 aliphatic carbocycles. The number of halogens is 1. The van der Waals surface area contributed by atoms with Crippen molar-refractivity contribution in [1.82, 2.24) is 14.9 Å². The van der Waals surface area contributed by atoms with E-state index in [2.05, 4.69) is 9.88 Å². The Balaban J connectivity index is 1.53. The predicted octanol–water partition coefficient (Wildman–Crippen LogP) is 4.38. The number of ether oxygens (including phenoxy) is 3. The monoisotopic (exact) mass is 425 g/mol. The zero-order chi connectivity index (χ0) is 21.1. The van der Waals surface area contributed by atoms with Crippen LogP contribution in [0.4, 0.5) is 0 Å². The van der Waals surface area contributed by atoms with E-state index in [4.69, 9.17) is 30.8 Å². The Morgan fingerprint density at radius 3 is 2.43 bits per heavy atom. The Kier molecular flexibility index (Phi) is 6.06. The third-order valence-electron chi connectivity index (χ3n) is 5.30. The average molecular weight is 426 g/mol. The standard InChI is InChI=1S/C23H24ClN3O3/c1-28-20-9-6-16(21(29-2)22(20)30-3)13-27-11-10-19-17(14-27)12-25-23(26-19)15-4-7-18(24)8-5-15/h4-9,12H,10-11,13-14H2,1-3H3. The van der Waals surface area contributed by atoms with E-state index >= 15 is 0 Å². The van der Waals surface area contributed by atoms with Gasteiger partial charge in [-0.05, 0) is 30.3 Å². The fraction of sp³-hybridized carbons (Fsp3) is 0.304. The molecule has 30 heavy (non-hydrogen) atoms. The van der Waals surface area contributed by atoms with E-state index in [1.54, 1.807) is 21.3 Å². The Hall–Kier alpha value is -2.83. The van der Waals surface area contributed by atoms with Crippen LogP contribution in [0.1, 0.15) is 16.8 Å². The summed E-state index contributed by atoms with van der Waals surface area (Å²) >= 11 is 5.98. The summed E-state index contributed by atoms with van der Waals surface area (Å²) in [4.78, 5) is 11.7. The van der Waals surface area contributed by atoms with E-state index in [1.165, 1.54) is 0 Å². The van der Waals surface area contributed by atoms with Gasteiger partial charge in [-0.3, -0.25) is 4.90 Å². The second kappa shape index (κ2) is 8.90. The topological polar surface area (TPSA) is 56.7 Å². The third kappa shape index (κ3) is 4.06. The fourth-order valence-corrected chi connectivity index (χ4v) is 3.90. The molecule has 1 aromatic heterocycles. The molecule has 0 unspecified atom stereocenters. The van der Waals surface area contributed by atoms with Gasteiger partial charge in [-0.15, -0.1) is 0 Å². The van der Waals surface area contributed by atoms with Gasteiger partial charge in [-0.25, -0.2) is 9.97 Å². The Morgan fingerprint density at radius 1 is 0.967 bits per heavy atom. The lowest BCUT2D eigenvalue weighted by Crippen LogP contribution is -2.31. The summed E-state index contributed by atoms with van der Waals surface area (Å²) in [5, 5.41) is 0.706. The molecule has 0 bridgehead atoms. The van der Waals surface area contributed by atoms with Crippen molar-refractivity contribution in [2.45, 2.75) is 19.5 Å². The molecule has 156 valence electrons. The number of hydrogen-bond acceptors (Lipinski definition) is 6. The number of fused-ring (bicyclic) bond motifs is 1. The first-order valence-electron chi connectivity index (χ1n) is 9.74. The van der Waals surface area contributed by atoms with Gasteiger partial charge in [0.15, 0.2) is 17.3 Å². The smallest absolute Gasteiger partial charge is 0.203 e. The highest BCUT2D eigenvalue weighted by molar-refractivity contribution is 6.30. The molecule has 0 saturated carbocycles. The van der Waals surface area contributed by atoms with Gasteiger partial charge in [-0.1, -0.05) is 17.7 Å². The number of benzene rings is 2. The van der Waals surface area contributed by atoms with Gasteiger partial charge >= 0.3 is 0 Å². The summed E-state index contributed by atoms with van der Waals surface area (Å²) in [6.07, 6.45) is 2.80. The molecule has 0 saturated heterocycles. The minimum atomic E-state index is 0.617. The molecule has 0 fully saturated rings. The van der Waals surface area contributed by atoms with E-state index in [9.17, 15) is 0 Å². The van der Waals surface area contributed by atoms with Crippen LogP contribution < -0.4 is 14.2 Å². The van der Waals surface area contributed by atoms with E-state index < -0.39 is 0 Å². The molecule has 2 heterocycles. The van der Waals surface area contributed by atoms with Crippen molar-refractivity contribution in [2.24, 2.45) is 0 Å². The quantitative estimate of drug-likeness (QED) is 0.584. The first-order chi connectivity index (χ1) is 14.6. The number of rotatable bonds is 6. The Bertz CT molecular complexity index is 1040. The molecular formula is C23H24ClN3O3. The van der Waals surface area contributed by atoms with E-state index in [1.807, 2.05) is 42.6 Å². The van der Waals surface area contributed by atoms with Crippen molar-refractivity contribution in [1.29, 1.82) is 0 Å². The first-order valence-corrected chi connectivity index (χ1v) is 10.1. The average Bonchev–Trinajstić information content (AvgIpc) is 2.78. The van der Waals surface area contributed by atoms with Crippen LogP contribution in [0.25, 0.3) is 11.4 Å². The summed E-state index contributed by atoms with van der Waals surface area (Å²) in [6, 6.07) is 11.5. The van der Waals surface area contributed by atoms with Crippen molar-refractivity contribution in [3.05, 3.63) is 64.4 Å². The molecule has 0 atom stereocenters. The predicted molar refractivity (Wildman–Crippen MR) is 116 cm³/mol. The maximum atomic E-state index is 5.98. The number of nitrogens with zero attached hydrogens (tertiary/aromatic N) is 3. The third-order valence-corrected chi connectivity index (χ3v) is 5.55. The van der Waals surface area contributed by atoms with Crippen molar-refractivity contribution in [3.8, 4) is 28.6 Å². The lowest BCUT2D eigenvalue weighted by Gasteiger charge is -2.29. The molecule has 6 nitrogen and oxygen atoms in total. The van der Waals surface area contributed by atoms with Crippen molar-refractivity contribution in [3.63, 3.8) is 0 Å². The Labute approximate surface area is 181 Å². The van der Waals surface area contributed by atoms with Gasteiger partial charge in [0, 0.05) is 54.0 Å². The molecule has 0 spiro atoms. The SMILES string of the molecule is COc1ccc(CN2CCc3nc(-c4ccc(Cl)cc4)ncc3C2)c(OC)c1OC. The van der Waals surface area contributed by atoms with Gasteiger partial charge in [0.1, 0.15) is 0 Å². The van der Waals surface area contributed by atoms with Gasteiger partial charge in [-0.2, -0.15) is 0 Å². The van der Waals surface area contributed by atoms with E-state index in [-0.39, 0.29) is 0 Å². The van der Waals surface area contributed by atoms with Crippen molar-refractivity contribution >= 4 is 11.6 Å². The van der Waals surface area contributed by atoms with Crippen LogP contribution in [-0.4, -0.2) is 42.7 Å².